The lowest BCUT2D eigenvalue weighted by molar-refractivity contribution is -0.148. The van der Waals surface area contributed by atoms with Crippen molar-refractivity contribution in [1.82, 2.24) is 4.90 Å². The summed E-state index contributed by atoms with van der Waals surface area (Å²) in [5, 5.41) is 3.55. The summed E-state index contributed by atoms with van der Waals surface area (Å²) in [5.74, 6) is 0.272. The number of amides is 1. The van der Waals surface area contributed by atoms with Gasteiger partial charge in [-0.05, 0) is 61.0 Å². The molecule has 1 atom stereocenters. The largest absolute Gasteiger partial charge is 0.494 e. The number of rotatable bonds is 12. The number of piperazine rings is 1. The number of esters is 1. The molecule has 2 aliphatic rings. The number of nitrogens with zero attached hydrogens (tertiary/aromatic N) is 3. The topological polar surface area (TPSA) is 62.3 Å². The van der Waals surface area contributed by atoms with E-state index in [1.165, 1.54) is 15.8 Å². The maximum atomic E-state index is 13.1. The van der Waals surface area contributed by atoms with Gasteiger partial charge >= 0.3 is 5.97 Å². The lowest BCUT2D eigenvalue weighted by Gasteiger charge is -2.38. The van der Waals surface area contributed by atoms with Crippen molar-refractivity contribution in [2.75, 3.05) is 55.9 Å². The molecule has 8 heteroatoms. The standard InChI is InChI=1S/C34H45N3O4S/c1-5-9-25(2)33(39)41-24-37-30-22-26(12-13-28(30)34(3,4)23-32(37)38)40-20-7-6-15-35-16-18-36(19-17-35)29-10-8-11-31-27(29)14-21-42-31/h8,10-14,21-22,25H,5-7,9,15-20,23-24H2,1-4H3. The number of unbranched alkanes of at least 4 members (excludes halogenated alkanes) is 1. The van der Waals surface area contributed by atoms with Crippen molar-refractivity contribution < 1.29 is 19.1 Å². The zero-order valence-electron chi connectivity index (χ0n) is 25.6. The molecule has 1 unspecified atom stereocenters. The number of ether oxygens (including phenoxy) is 2. The number of anilines is 2. The molecule has 1 saturated heterocycles. The predicted octanol–water partition coefficient (Wildman–Crippen LogP) is 6.83. The van der Waals surface area contributed by atoms with Crippen LogP contribution in [-0.4, -0.2) is 62.8 Å². The summed E-state index contributed by atoms with van der Waals surface area (Å²) in [4.78, 5) is 32.2. The minimum Gasteiger partial charge on any atom is -0.494 e. The lowest BCUT2D eigenvalue weighted by atomic mass is 9.77. The van der Waals surface area contributed by atoms with Gasteiger partial charge in [-0.2, -0.15) is 0 Å². The second-order valence-corrected chi connectivity index (χ2v) is 13.3. The Morgan fingerprint density at radius 2 is 1.86 bits per heavy atom. The van der Waals surface area contributed by atoms with Gasteiger partial charge in [0.15, 0.2) is 6.73 Å². The van der Waals surface area contributed by atoms with E-state index < -0.39 is 0 Å². The van der Waals surface area contributed by atoms with Crippen molar-refractivity contribution in [3.05, 3.63) is 53.4 Å². The maximum Gasteiger partial charge on any atom is 0.310 e. The third-order valence-electron chi connectivity index (χ3n) is 8.67. The van der Waals surface area contributed by atoms with E-state index in [1.807, 2.05) is 37.3 Å². The average molecular weight is 592 g/mol. The van der Waals surface area contributed by atoms with E-state index in [0.717, 1.165) is 75.4 Å². The van der Waals surface area contributed by atoms with E-state index in [-0.39, 0.29) is 29.9 Å². The molecule has 1 aromatic heterocycles. The Kier molecular flexibility index (Phi) is 9.74. The van der Waals surface area contributed by atoms with Crippen LogP contribution in [0.25, 0.3) is 10.1 Å². The first kappa shape index (κ1) is 30.4. The molecular formula is C34H45N3O4S. The third kappa shape index (κ3) is 6.92. The van der Waals surface area contributed by atoms with Crippen LogP contribution in [0.4, 0.5) is 11.4 Å². The lowest BCUT2D eigenvalue weighted by Crippen LogP contribution is -2.46. The molecule has 0 radical (unpaired) electrons. The van der Waals surface area contributed by atoms with Crippen molar-refractivity contribution in [3.8, 4) is 5.75 Å². The number of hydrogen-bond donors (Lipinski definition) is 0. The number of fused-ring (bicyclic) bond motifs is 2. The molecule has 2 aliphatic heterocycles. The van der Waals surface area contributed by atoms with Gasteiger partial charge in [-0.25, -0.2) is 0 Å². The molecule has 0 saturated carbocycles. The number of thiophene rings is 1. The van der Waals surface area contributed by atoms with Crippen LogP contribution >= 0.6 is 11.3 Å². The van der Waals surface area contributed by atoms with Crippen LogP contribution in [0, 0.1) is 5.92 Å². The Hall–Kier alpha value is -3.10. The van der Waals surface area contributed by atoms with E-state index in [4.69, 9.17) is 9.47 Å². The second kappa shape index (κ2) is 13.5. The van der Waals surface area contributed by atoms with Crippen LogP contribution in [0.15, 0.2) is 47.8 Å². The Bertz CT molecular complexity index is 1380. The fourth-order valence-corrected chi connectivity index (χ4v) is 6.96. The molecule has 7 nitrogen and oxygen atoms in total. The van der Waals surface area contributed by atoms with E-state index in [0.29, 0.717) is 13.0 Å². The fraction of sp³-hybridized carbons (Fsp3) is 0.529. The minimum atomic E-state index is -0.290. The monoisotopic (exact) mass is 591 g/mol. The van der Waals surface area contributed by atoms with Gasteiger partial charge in [0.25, 0.3) is 0 Å². The summed E-state index contributed by atoms with van der Waals surface area (Å²) < 4.78 is 13.1. The molecule has 2 aromatic carbocycles. The van der Waals surface area contributed by atoms with Gasteiger partial charge < -0.3 is 14.4 Å². The average Bonchev–Trinajstić information content (AvgIpc) is 3.46. The van der Waals surface area contributed by atoms with E-state index in [9.17, 15) is 9.59 Å². The van der Waals surface area contributed by atoms with Gasteiger partial charge in [0.1, 0.15) is 5.75 Å². The molecule has 3 heterocycles. The Morgan fingerprint density at radius 1 is 1.05 bits per heavy atom. The molecule has 0 spiro atoms. The third-order valence-corrected chi connectivity index (χ3v) is 9.55. The van der Waals surface area contributed by atoms with Gasteiger partial charge in [0.2, 0.25) is 5.91 Å². The van der Waals surface area contributed by atoms with Gasteiger partial charge in [-0.1, -0.05) is 46.2 Å². The fourth-order valence-electron chi connectivity index (χ4n) is 6.16. The van der Waals surface area contributed by atoms with Gasteiger partial charge in [-0.3, -0.25) is 19.4 Å². The van der Waals surface area contributed by atoms with Gasteiger partial charge in [0.05, 0.1) is 18.2 Å². The first-order valence-corrected chi connectivity index (χ1v) is 16.3. The molecule has 0 N–H and O–H groups in total. The van der Waals surface area contributed by atoms with Crippen LogP contribution in [0.3, 0.4) is 0 Å². The molecule has 42 heavy (non-hydrogen) atoms. The first-order chi connectivity index (χ1) is 20.3. The Labute approximate surface area is 254 Å². The summed E-state index contributed by atoms with van der Waals surface area (Å²) in [6, 6.07) is 14.9. The molecule has 1 fully saturated rings. The number of carbonyl (C=O) groups excluding carboxylic acids is 2. The number of benzene rings is 2. The van der Waals surface area contributed by atoms with Crippen LogP contribution < -0.4 is 14.5 Å². The number of carbonyl (C=O) groups is 2. The molecule has 3 aromatic rings. The zero-order chi connectivity index (χ0) is 29.7. The first-order valence-electron chi connectivity index (χ1n) is 15.4. The smallest absolute Gasteiger partial charge is 0.310 e. The summed E-state index contributed by atoms with van der Waals surface area (Å²) in [5.41, 5.74) is 2.92. The molecular weight excluding hydrogens is 546 g/mol. The van der Waals surface area contributed by atoms with Gasteiger partial charge in [0, 0.05) is 59.9 Å². The highest BCUT2D eigenvalue weighted by atomic mass is 32.1. The predicted molar refractivity (Wildman–Crippen MR) is 172 cm³/mol. The summed E-state index contributed by atoms with van der Waals surface area (Å²) >= 11 is 1.81. The molecule has 1 amide bonds. The van der Waals surface area contributed by atoms with Crippen molar-refractivity contribution in [1.29, 1.82) is 0 Å². The second-order valence-electron chi connectivity index (χ2n) is 12.3. The normalized spacial score (nSPS) is 17.8. The SMILES string of the molecule is CCCC(C)C(=O)OCN1C(=O)CC(C)(C)c2ccc(OCCCCN3CCN(c4cccc5sccc45)CC3)cc21. The maximum absolute atomic E-state index is 13.1. The minimum absolute atomic E-state index is 0.0345. The molecule has 0 bridgehead atoms. The van der Waals surface area contributed by atoms with Crippen molar-refractivity contribution in [2.24, 2.45) is 5.92 Å². The highest BCUT2D eigenvalue weighted by Crippen LogP contribution is 2.42. The Morgan fingerprint density at radius 3 is 2.64 bits per heavy atom. The van der Waals surface area contributed by atoms with E-state index >= 15 is 0 Å². The Balaban J connectivity index is 1.10. The van der Waals surface area contributed by atoms with Crippen molar-refractivity contribution >= 4 is 44.7 Å². The zero-order valence-corrected chi connectivity index (χ0v) is 26.4. The molecule has 0 aliphatic carbocycles. The van der Waals surface area contributed by atoms with E-state index in [1.54, 1.807) is 4.90 Å². The summed E-state index contributed by atoms with van der Waals surface area (Å²) in [6.45, 7) is 14.0. The van der Waals surface area contributed by atoms with Crippen LogP contribution in [0.2, 0.25) is 0 Å². The highest BCUT2D eigenvalue weighted by molar-refractivity contribution is 7.17. The van der Waals surface area contributed by atoms with Crippen LogP contribution in [0.1, 0.15) is 65.4 Å². The van der Waals surface area contributed by atoms with Gasteiger partial charge in [-0.15, -0.1) is 11.3 Å². The van der Waals surface area contributed by atoms with Crippen molar-refractivity contribution in [3.63, 3.8) is 0 Å². The van der Waals surface area contributed by atoms with E-state index in [2.05, 4.69) is 59.4 Å². The summed E-state index contributed by atoms with van der Waals surface area (Å²) in [6.07, 6.45) is 4.11. The quantitative estimate of drug-likeness (QED) is 0.170. The van der Waals surface area contributed by atoms with Crippen molar-refractivity contribution in [2.45, 2.75) is 65.2 Å². The van der Waals surface area contributed by atoms with Crippen LogP contribution in [0.5, 0.6) is 5.75 Å². The van der Waals surface area contributed by atoms with Crippen LogP contribution in [-0.2, 0) is 19.7 Å². The molecule has 5 rings (SSSR count). The number of hydrogen-bond acceptors (Lipinski definition) is 7. The highest BCUT2D eigenvalue weighted by Gasteiger charge is 2.37. The summed E-state index contributed by atoms with van der Waals surface area (Å²) in [7, 11) is 0. The molecule has 226 valence electrons.